The van der Waals surface area contributed by atoms with Crippen molar-refractivity contribution in [2.24, 2.45) is 0 Å². The van der Waals surface area contributed by atoms with Crippen molar-refractivity contribution in [2.75, 3.05) is 5.73 Å². The number of carboxylic acids is 1. The number of aromatic carboxylic acids is 1. The Hall–Kier alpha value is -2.00. The number of anilines is 1. The van der Waals surface area contributed by atoms with Crippen molar-refractivity contribution in [2.45, 2.75) is 6.92 Å². The lowest BCUT2D eigenvalue weighted by atomic mass is 9.98. The van der Waals surface area contributed by atoms with E-state index in [1.165, 1.54) is 0 Å². The van der Waals surface area contributed by atoms with Gasteiger partial charge >= 0.3 is 5.97 Å². The highest BCUT2D eigenvalue weighted by atomic mass is 35.5. The fourth-order valence-corrected chi connectivity index (χ4v) is 1.99. The van der Waals surface area contributed by atoms with E-state index in [2.05, 4.69) is 0 Å². The SMILES string of the molecule is Cc1ccc(Cl)cc1-c1ccc(N)c(C(=O)O)c1. The molecule has 0 atom stereocenters. The molecule has 0 saturated heterocycles. The third-order valence-corrected chi connectivity index (χ3v) is 3.03. The van der Waals surface area contributed by atoms with Gasteiger partial charge in [0.1, 0.15) is 0 Å². The van der Waals surface area contributed by atoms with Crippen LogP contribution in [-0.4, -0.2) is 11.1 Å². The third kappa shape index (κ3) is 2.31. The second-order valence-electron chi connectivity index (χ2n) is 4.07. The highest BCUT2D eigenvalue weighted by Crippen LogP contribution is 2.29. The summed E-state index contributed by atoms with van der Waals surface area (Å²) in [4.78, 5) is 11.1. The standard InChI is InChI=1S/C14H12ClNO2/c1-8-2-4-10(15)7-11(8)9-3-5-13(16)12(6-9)14(17)18/h2-7H,16H2,1H3,(H,17,18). The number of aryl methyl sites for hydroxylation is 1. The Morgan fingerprint density at radius 2 is 1.94 bits per heavy atom. The average Bonchev–Trinajstić information content (AvgIpc) is 2.33. The first kappa shape index (κ1) is 12.5. The molecule has 0 radical (unpaired) electrons. The largest absolute Gasteiger partial charge is 0.478 e. The van der Waals surface area contributed by atoms with Gasteiger partial charge in [-0.2, -0.15) is 0 Å². The number of hydrogen-bond donors (Lipinski definition) is 2. The van der Waals surface area contributed by atoms with Crippen LogP contribution in [0, 0.1) is 6.92 Å². The summed E-state index contributed by atoms with van der Waals surface area (Å²) in [5.74, 6) is -1.03. The lowest BCUT2D eigenvalue weighted by Crippen LogP contribution is -2.02. The minimum absolute atomic E-state index is 0.104. The number of rotatable bonds is 2. The van der Waals surface area contributed by atoms with Crippen molar-refractivity contribution in [1.82, 2.24) is 0 Å². The topological polar surface area (TPSA) is 63.3 Å². The van der Waals surface area contributed by atoms with Gasteiger partial charge in [-0.3, -0.25) is 0 Å². The molecule has 0 fully saturated rings. The monoisotopic (exact) mass is 261 g/mol. The molecule has 0 heterocycles. The maximum absolute atomic E-state index is 11.1. The summed E-state index contributed by atoms with van der Waals surface area (Å²) < 4.78 is 0. The number of carbonyl (C=O) groups is 1. The molecule has 0 amide bonds. The van der Waals surface area contributed by atoms with Crippen molar-refractivity contribution < 1.29 is 9.90 Å². The molecule has 0 bridgehead atoms. The minimum atomic E-state index is -1.03. The maximum atomic E-state index is 11.1. The van der Waals surface area contributed by atoms with Crippen LogP contribution in [0.4, 0.5) is 5.69 Å². The molecule has 18 heavy (non-hydrogen) atoms. The lowest BCUT2D eigenvalue weighted by Gasteiger charge is -2.09. The van der Waals surface area contributed by atoms with E-state index in [9.17, 15) is 4.79 Å². The Balaban J connectivity index is 2.61. The van der Waals surface area contributed by atoms with E-state index in [-0.39, 0.29) is 11.3 Å². The first-order valence-corrected chi connectivity index (χ1v) is 5.76. The summed E-state index contributed by atoms with van der Waals surface area (Å²) in [6, 6.07) is 10.5. The van der Waals surface area contributed by atoms with Crippen LogP contribution >= 0.6 is 11.6 Å². The molecule has 0 aromatic heterocycles. The molecule has 3 nitrogen and oxygen atoms in total. The molecular weight excluding hydrogens is 250 g/mol. The molecule has 0 aliphatic rings. The number of carboxylic acid groups (broad SMARTS) is 1. The number of nitrogens with two attached hydrogens (primary N) is 1. The predicted molar refractivity (Wildman–Crippen MR) is 73.0 cm³/mol. The Morgan fingerprint density at radius 3 is 2.61 bits per heavy atom. The Bertz CT molecular complexity index is 623. The van der Waals surface area contributed by atoms with E-state index in [1.54, 1.807) is 24.3 Å². The predicted octanol–water partition coefficient (Wildman–Crippen LogP) is 3.60. The highest BCUT2D eigenvalue weighted by Gasteiger charge is 2.11. The van der Waals surface area contributed by atoms with E-state index in [0.717, 1.165) is 16.7 Å². The van der Waals surface area contributed by atoms with Crippen LogP contribution in [0.15, 0.2) is 36.4 Å². The zero-order chi connectivity index (χ0) is 13.3. The van der Waals surface area contributed by atoms with Crippen molar-refractivity contribution in [3.05, 3.63) is 52.5 Å². The molecule has 3 N–H and O–H groups in total. The second kappa shape index (κ2) is 4.70. The molecule has 2 aromatic carbocycles. The second-order valence-corrected chi connectivity index (χ2v) is 4.50. The number of hydrogen-bond acceptors (Lipinski definition) is 2. The van der Waals surface area contributed by atoms with Crippen LogP contribution in [0.2, 0.25) is 5.02 Å². The lowest BCUT2D eigenvalue weighted by molar-refractivity contribution is 0.0698. The van der Waals surface area contributed by atoms with Crippen LogP contribution in [0.3, 0.4) is 0 Å². The number of nitrogen functional groups attached to an aromatic ring is 1. The van der Waals surface area contributed by atoms with Crippen molar-refractivity contribution in [3.63, 3.8) is 0 Å². The average molecular weight is 262 g/mol. The van der Waals surface area contributed by atoms with Gasteiger partial charge in [0.2, 0.25) is 0 Å². The van der Waals surface area contributed by atoms with Gasteiger partial charge in [-0.25, -0.2) is 4.79 Å². The Labute approximate surface area is 110 Å². The van der Waals surface area contributed by atoms with Crippen LogP contribution in [0.1, 0.15) is 15.9 Å². The van der Waals surface area contributed by atoms with E-state index in [0.29, 0.717) is 5.02 Å². The fourth-order valence-electron chi connectivity index (χ4n) is 1.81. The van der Waals surface area contributed by atoms with E-state index in [1.807, 2.05) is 19.1 Å². The van der Waals surface area contributed by atoms with Crippen molar-refractivity contribution >= 4 is 23.3 Å². The molecule has 92 valence electrons. The van der Waals surface area contributed by atoms with Gasteiger partial charge in [0.15, 0.2) is 0 Å². The molecule has 4 heteroatoms. The maximum Gasteiger partial charge on any atom is 0.337 e. The molecule has 2 rings (SSSR count). The smallest absolute Gasteiger partial charge is 0.337 e. The van der Waals surface area contributed by atoms with E-state index in [4.69, 9.17) is 22.4 Å². The molecule has 0 saturated carbocycles. The first-order valence-electron chi connectivity index (χ1n) is 5.38. The minimum Gasteiger partial charge on any atom is -0.478 e. The Morgan fingerprint density at radius 1 is 1.22 bits per heavy atom. The summed E-state index contributed by atoms with van der Waals surface area (Å²) >= 11 is 5.96. The summed E-state index contributed by atoms with van der Waals surface area (Å²) in [6.45, 7) is 1.95. The molecule has 0 aliphatic carbocycles. The van der Waals surface area contributed by atoms with Crippen LogP contribution in [0.5, 0.6) is 0 Å². The van der Waals surface area contributed by atoms with Gasteiger partial charge in [-0.15, -0.1) is 0 Å². The van der Waals surface area contributed by atoms with Gasteiger partial charge in [-0.05, 0) is 47.9 Å². The summed E-state index contributed by atoms with van der Waals surface area (Å²) in [5.41, 5.74) is 8.72. The number of halogens is 1. The molecular formula is C14H12ClNO2. The van der Waals surface area contributed by atoms with E-state index < -0.39 is 5.97 Å². The van der Waals surface area contributed by atoms with Gasteiger partial charge in [-0.1, -0.05) is 23.7 Å². The highest BCUT2D eigenvalue weighted by molar-refractivity contribution is 6.30. The van der Waals surface area contributed by atoms with Crippen molar-refractivity contribution in [3.8, 4) is 11.1 Å². The van der Waals surface area contributed by atoms with Crippen LogP contribution in [0.25, 0.3) is 11.1 Å². The van der Waals surface area contributed by atoms with Gasteiger partial charge in [0, 0.05) is 10.7 Å². The van der Waals surface area contributed by atoms with Crippen LogP contribution < -0.4 is 5.73 Å². The zero-order valence-electron chi connectivity index (χ0n) is 9.77. The van der Waals surface area contributed by atoms with Crippen LogP contribution in [-0.2, 0) is 0 Å². The fraction of sp³-hybridized carbons (Fsp3) is 0.0714. The third-order valence-electron chi connectivity index (χ3n) is 2.79. The molecule has 0 spiro atoms. The first-order chi connectivity index (χ1) is 8.49. The summed E-state index contributed by atoms with van der Waals surface area (Å²) in [5, 5.41) is 9.67. The van der Waals surface area contributed by atoms with Crippen molar-refractivity contribution in [1.29, 1.82) is 0 Å². The quantitative estimate of drug-likeness (QED) is 0.812. The summed E-state index contributed by atoms with van der Waals surface area (Å²) in [6.07, 6.45) is 0. The van der Waals surface area contributed by atoms with E-state index >= 15 is 0 Å². The normalized spacial score (nSPS) is 10.3. The Kier molecular flexibility index (Phi) is 3.26. The molecule has 0 aliphatic heterocycles. The van der Waals surface area contributed by atoms with Gasteiger partial charge < -0.3 is 10.8 Å². The molecule has 0 unspecified atom stereocenters. The van der Waals surface area contributed by atoms with Gasteiger partial charge in [0.05, 0.1) is 5.56 Å². The molecule has 2 aromatic rings. The van der Waals surface area contributed by atoms with Gasteiger partial charge in [0.25, 0.3) is 0 Å². The zero-order valence-corrected chi connectivity index (χ0v) is 10.5. The summed E-state index contributed by atoms with van der Waals surface area (Å²) in [7, 11) is 0. The number of benzene rings is 2.